The lowest BCUT2D eigenvalue weighted by Gasteiger charge is -2.22. The summed E-state index contributed by atoms with van der Waals surface area (Å²) in [6.45, 7) is 3.01. The van der Waals surface area contributed by atoms with E-state index < -0.39 is 5.82 Å². The van der Waals surface area contributed by atoms with E-state index in [-0.39, 0.29) is 23.8 Å². The Hall–Kier alpha value is -2.43. The van der Waals surface area contributed by atoms with Crippen molar-refractivity contribution in [3.63, 3.8) is 0 Å². The van der Waals surface area contributed by atoms with Gasteiger partial charge in [-0.1, -0.05) is 18.2 Å². The van der Waals surface area contributed by atoms with Crippen molar-refractivity contribution in [2.75, 3.05) is 23.3 Å². The van der Waals surface area contributed by atoms with Gasteiger partial charge in [-0.25, -0.2) is 8.78 Å². The average molecular weight is 304 g/mol. The van der Waals surface area contributed by atoms with Crippen LogP contribution in [0.4, 0.5) is 20.2 Å². The van der Waals surface area contributed by atoms with Gasteiger partial charge in [0.15, 0.2) is 0 Å². The molecule has 0 atom stereocenters. The molecule has 0 saturated heterocycles. The fourth-order valence-electron chi connectivity index (χ4n) is 2.15. The minimum Gasteiger partial charge on any atom is -0.371 e. The van der Waals surface area contributed by atoms with Crippen LogP contribution in [0.2, 0.25) is 0 Å². The van der Waals surface area contributed by atoms with E-state index in [2.05, 4.69) is 5.32 Å². The summed E-state index contributed by atoms with van der Waals surface area (Å²) in [5.74, 6) is -1.06. The Kier molecular flexibility index (Phi) is 5.47. The number of rotatable bonds is 6. The number of hydrogen-bond donors (Lipinski definition) is 1. The molecule has 22 heavy (non-hydrogen) atoms. The third-order valence-corrected chi connectivity index (χ3v) is 3.31. The van der Waals surface area contributed by atoms with Gasteiger partial charge >= 0.3 is 0 Å². The number of carbonyl (C=O) groups is 1. The van der Waals surface area contributed by atoms with Crippen LogP contribution in [-0.2, 0) is 4.79 Å². The van der Waals surface area contributed by atoms with E-state index in [1.54, 1.807) is 24.3 Å². The SMILES string of the molecule is CCN(CCC(=O)Nc1ccccc1F)c1cccc(F)c1. The summed E-state index contributed by atoms with van der Waals surface area (Å²) in [6.07, 6.45) is 0.193. The average Bonchev–Trinajstić information content (AvgIpc) is 2.50. The largest absolute Gasteiger partial charge is 0.371 e. The number of nitrogens with zero attached hydrogens (tertiary/aromatic N) is 1. The van der Waals surface area contributed by atoms with E-state index in [0.717, 1.165) is 5.69 Å². The van der Waals surface area contributed by atoms with E-state index in [9.17, 15) is 13.6 Å². The van der Waals surface area contributed by atoms with Crippen LogP contribution in [0.25, 0.3) is 0 Å². The zero-order chi connectivity index (χ0) is 15.9. The molecule has 0 aliphatic carbocycles. The zero-order valence-corrected chi connectivity index (χ0v) is 12.4. The molecule has 0 unspecified atom stereocenters. The molecule has 2 aromatic rings. The van der Waals surface area contributed by atoms with Crippen LogP contribution >= 0.6 is 0 Å². The summed E-state index contributed by atoms with van der Waals surface area (Å²) < 4.78 is 26.7. The normalized spacial score (nSPS) is 10.3. The Morgan fingerprint density at radius 3 is 2.59 bits per heavy atom. The molecule has 0 saturated carbocycles. The van der Waals surface area contributed by atoms with Crippen LogP contribution in [0.1, 0.15) is 13.3 Å². The molecule has 116 valence electrons. The molecule has 2 rings (SSSR count). The predicted octanol–water partition coefficient (Wildman–Crippen LogP) is 3.82. The fourth-order valence-corrected chi connectivity index (χ4v) is 2.15. The van der Waals surface area contributed by atoms with Crippen molar-refractivity contribution in [1.29, 1.82) is 0 Å². The Labute approximate surface area is 128 Å². The van der Waals surface area contributed by atoms with E-state index in [1.807, 2.05) is 11.8 Å². The first kappa shape index (κ1) is 15.9. The number of nitrogens with one attached hydrogen (secondary N) is 1. The summed E-state index contributed by atoms with van der Waals surface area (Å²) in [5.41, 5.74) is 0.891. The number of hydrogen-bond acceptors (Lipinski definition) is 2. The van der Waals surface area contributed by atoms with E-state index in [0.29, 0.717) is 13.1 Å². The van der Waals surface area contributed by atoms with Crippen molar-refractivity contribution < 1.29 is 13.6 Å². The lowest BCUT2D eigenvalue weighted by Crippen LogP contribution is -2.27. The van der Waals surface area contributed by atoms with E-state index >= 15 is 0 Å². The standard InChI is InChI=1S/C17H18F2N2O/c1-2-21(14-7-5-6-13(18)12-14)11-10-17(22)20-16-9-4-3-8-15(16)19/h3-9,12H,2,10-11H2,1H3,(H,20,22). The molecule has 0 bridgehead atoms. The van der Waals surface area contributed by atoms with Gasteiger partial charge < -0.3 is 10.2 Å². The minimum atomic E-state index is -0.465. The number of amides is 1. The van der Waals surface area contributed by atoms with Gasteiger partial charge in [0.2, 0.25) is 5.91 Å². The van der Waals surface area contributed by atoms with Crippen LogP contribution < -0.4 is 10.2 Å². The molecule has 0 heterocycles. The van der Waals surface area contributed by atoms with Crippen molar-refractivity contribution in [1.82, 2.24) is 0 Å². The lowest BCUT2D eigenvalue weighted by molar-refractivity contribution is -0.116. The van der Waals surface area contributed by atoms with Crippen molar-refractivity contribution in [3.8, 4) is 0 Å². The molecular weight excluding hydrogens is 286 g/mol. The highest BCUT2D eigenvalue weighted by Crippen LogP contribution is 2.16. The molecule has 2 aromatic carbocycles. The summed E-state index contributed by atoms with van der Waals surface area (Å²) in [4.78, 5) is 13.8. The Morgan fingerprint density at radius 2 is 1.91 bits per heavy atom. The highest BCUT2D eigenvalue weighted by Gasteiger charge is 2.10. The molecule has 0 aliphatic rings. The second kappa shape index (κ2) is 7.54. The second-order valence-corrected chi connectivity index (χ2v) is 4.84. The van der Waals surface area contributed by atoms with Crippen molar-refractivity contribution in [3.05, 3.63) is 60.2 Å². The summed E-state index contributed by atoms with van der Waals surface area (Å²) in [5, 5.41) is 2.54. The maximum Gasteiger partial charge on any atom is 0.226 e. The topological polar surface area (TPSA) is 32.3 Å². The first-order valence-corrected chi connectivity index (χ1v) is 7.15. The van der Waals surface area contributed by atoms with Crippen molar-refractivity contribution >= 4 is 17.3 Å². The molecule has 3 nitrogen and oxygen atoms in total. The van der Waals surface area contributed by atoms with Crippen LogP contribution in [0, 0.1) is 11.6 Å². The molecular formula is C17H18F2N2O. The maximum atomic E-state index is 13.5. The monoisotopic (exact) mass is 304 g/mol. The maximum absolute atomic E-state index is 13.5. The Morgan fingerprint density at radius 1 is 1.14 bits per heavy atom. The van der Waals surface area contributed by atoms with Gasteiger partial charge in [-0.3, -0.25) is 4.79 Å². The van der Waals surface area contributed by atoms with Crippen LogP contribution in [-0.4, -0.2) is 19.0 Å². The Bertz CT molecular complexity index is 646. The lowest BCUT2D eigenvalue weighted by atomic mass is 10.2. The summed E-state index contributed by atoms with van der Waals surface area (Å²) in [6, 6.07) is 12.3. The van der Waals surface area contributed by atoms with Crippen LogP contribution in [0.5, 0.6) is 0 Å². The summed E-state index contributed by atoms with van der Waals surface area (Å²) >= 11 is 0. The predicted molar refractivity (Wildman–Crippen MR) is 83.9 cm³/mol. The molecule has 0 fully saturated rings. The molecule has 5 heteroatoms. The number of carbonyl (C=O) groups excluding carboxylic acids is 1. The van der Waals surface area contributed by atoms with Gasteiger partial charge in [0.05, 0.1) is 5.69 Å². The van der Waals surface area contributed by atoms with E-state index in [1.165, 1.54) is 24.3 Å². The number of benzene rings is 2. The zero-order valence-electron chi connectivity index (χ0n) is 12.4. The highest BCUT2D eigenvalue weighted by atomic mass is 19.1. The summed E-state index contributed by atoms with van der Waals surface area (Å²) in [7, 11) is 0. The van der Waals surface area contributed by atoms with Gasteiger partial charge in [0.1, 0.15) is 11.6 Å². The molecule has 1 amide bonds. The minimum absolute atomic E-state index is 0.168. The fraction of sp³-hybridized carbons (Fsp3) is 0.235. The van der Waals surface area contributed by atoms with Gasteiger partial charge in [-0.15, -0.1) is 0 Å². The van der Waals surface area contributed by atoms with Gasteiger partial charge in [-0.05, 0) is 37.3 Å². The number of anilines is 2. The van der Waals surface area contributed by atoms with Crippen LogP contribution in [0.15, 0.2) is 48.5 Å². The third kappa shape index (κ3) is 4.28. The third-order valence-electron chi connectivity index (χ3n) is 3.31. The van der Waals surface area contributed by atoms with Crippen molar-refractivity contribution in [2.24, 2.45) is 0 Å². The van der Waals surface area contributed by atoms with E-state index in [4.69, 9.17) is 0 Å². The first-order valence-electron chi connectivity index (χ1n) is 7.15. The second-order valence-electron chi connectivity index (χ2n) is 4.84. The Balaban J connectivity index is 1.93. The highest BCUT2D eigenvalue weighted by molar-refractivity contribution is 5.91. The smallest absolute Gasteiger partial charge is 0.226 e. The molecule has 0 radical (unpaired) electrons. The molecule has 0 aliphatic heterocycles. The van der Waals surface area contributed by atoms with Crippen molar-refractivity contribution in [2.45, 2.75) is 13.3 Å². The molecule has 0 spiro atoms. The van der Waals surface area contributed by atoms with Gasteiger partial charge in [0.25, 0.3) is 0 Å². The quantitative estimate of drug-likeness (QED) is 0.880. The molecule has 1 N–H and O–H groups in total. The number of para-hydroxylation sites is 1. The van der Waals surface area contributed by atoms with Crippen LogP contribution in [0.3, 0.4) is 0 Å². The first-order chi connectivity index (χ1) is 10.6. The molecule has 0 aromatic heterocycles. The van der Waals surface area contributed by atoms with Gasteiger partial charge in [0, 0.05) is 25.2 Å². The van der Waals surface area contributed by atoms with Gasteiger partial charge in [-0.2, -0.15) is 0 Å². The number of halogens is 2.